The fourth-order valence-corrected chi connectivity index (χ4v) is 2.63. The van der Waals surface area contributed by atoms with Gasteiger partial charge in [-0.1, -0.05) is 74.2 Å². The summed E-state index contributed by atoms with van der Waals surface area (Å²) >= 11 is 3.63. The number of unbranched alkanes of at least 4 members (excludes halogenated alkanes) is 3. The van der Waals surface area contributed by atoms with E-state index in [1.807, 2.05) is 6.07 Å². The summed E-state index contributed by atoms with van der Waals surface area (Å²) in [4.78, 5) is 0. The molecule has 1 unspecified atom stereocenters. The molecule has 0 aliphatic heterocycles. The van der Waals surface area contributed by atoms with Gasteiger partial charge in [-0.25, -0.2) is 0 Å². The van der Waals surface area contributed by atoms with E-state index >= 15 is 0 Å². The van der Waals surface area contributed by atoms with Gasteiger partial charge in [-0.3, -0.25) is 0 Å². The smallest absolute Gasteiger partial charge is 0.0960 e. The van der Waals surface area contributed by atoms with Crippen LogP contribution in [0.1, 0.15) is 58.1 Å². The maximum atomic E-state index is 6.11. The van der Waals surface area contributed by atoms with Crippen molar-refractivity contribution in [2.24, 2.45) is 0 Å². The third-order valence-corrected chi connectivity index (χ3v) is 4.00. The lowest BCUT2D eigenvalue weighted by Crippen LogP contribution is -2.29. The second-order valence-electron chi connectivity index (χ2n) is 5.50. The molecule has 0 aliphatic rings. The van der Waals surface area contributed by atoms with Crippen molar-refractivity contribution >= 4 is 15.9 Å². The lowest BCUT2D eigenvalue weighted by molar-refractivity contribution is 0.0481. The fourth-order valence-electron chi connectivity index (χ4n) is 2.09. The lowest BCUT2D eigenvalue weighted by Gasteiger charge is -2.21. The summed E-state index contributed by atoms with van der Waals surface area (Å²) in [7, 11) is 0. The van der Waals surface area contributed by atoms with Crippen LogP contribution in [0.2, 0.25) is 0 Å². The molecule has 0 aliphatic carbocycles. The van der Waals surface area contributed by atoms with Gasteiger partial charge in [0.2, 0.25) is 0 Å². The molecule has 0 heterocycles. The first kappa shape index (κ1) is 17.7. The van der Waals surface area contributed by atoms with Crippen LogP contribution in [0.25, 0.3) is 0 Å². The average molecular weight is 342 g/mol. The number of nitrogens with one attached hydrogen (secondary N) is 1. The highest BCUT2D eigenvalue weighted by molar-refractivity contribution is 9.10. The quantitative estimate of drug-likeness (QED) is 0.598. The summed E-state index contributed by atoms with van der Waals surface area (Å²) in [6.07, 6.45) is 5.10. The van der Waals surface area contributed by atoms with E-state index in [0.29, 0.717) is 6.04 Å². The third kappa shape index (κ3) is 6.87. The Kier molecular flexibility index (Phi) is 9.16. The molecule has 0 bridgehead atoms. The molecule has 0 aromatic heterocycles. The summed E-state index contributed by atoms with van der Waals surface area (Å²) in [6, 6.07) is 8.81. The summed E-state index contributed by atoms with van der Waals surface area (Å²) in [5.41, 5.74) is 1.23. The van der Waals surface area contributed by atoms with E-state index in [-0.39, 0.29) is 6.10 Å². The standard InChI is InChI=1S/C17H28BrNO/c1-4-5-6-9-12-20-17(13-19-14(2)3)15-10-7-8-11-16(15)18/h7-8,10-11,14,17,19H,4-6,9,12-13H2,1-3H3. The molecule has 1 N–H and O–H groups in total. The molecule has 20 heavy (non-hydrogen) atoms. The van der Waals surface area contributed by atoms with Crippen molar-refractivity contribution < 1.29 is 4.74 Å². The molecule has 0 fully saturated rings. The summed E-state index contributed by atoms with van der Waals surface area (Å²) in [5.74, 6) is 0. The zero-order valence-electron chi connectivity index (χ0n) is 13.0. The molecule has 0 saturated heterocycles. The number of hydrogen-bond donors (Lipinski definition) is 1. The Bertz CT molecular complexity index is 368. The molecule has 114 valence electrons. The molecule has 1 aromatic rings. The third-order valence-electron chi connectivity index (χ3n) is 3.28. The highest BCUT2D eigenvalue weighted by Gasteiger charge is 2.15. The molecule has 1 atom stereocenters. The molecule has 0 radical (unpaired) electrons. The van der Waals surface area contributed by atoms with Crippen LogP contribution in [-0.2, 0) is 4.74 Å². The van der Waals surface area contributed by atoms with Crippen molar-refractivity contribution in [2.75, 3.05) is 13.2 Å². The Hall–Kier alpha value is -0.380. The van der Waals surface area contributed by atoms with E-state index in [0.717, 1.165) is 24.0 Å². The Labute approximate surface area is 132 Å². The second kappa shape index (κ2) is 10.4. The summed E-state index contributed by atoms with van der Waals surface area (Å²) in [5, 5.41) is 3.48. The number of ether oxygens (including phenoxy) is 1. The van der Waals surface area contributed by atoms with Gasteiger partial charge in [0.25, 0.3) is 0 Å². The minimum absolute atomic E-state index is 0.120. The fraction of sp³-hybridized carbons (Fsp3) is 0.647. The number of benzene rings is 1. The van der Waals surface area contributed by atoms with Crippen molar-refractivity contribution in [1.29, 1.82) is 0 Å². The van der Waals surface area contributed by atoms with Crippen molar-refractivity contribution in [3.63, 3.8) is 0 Å². The van der Waals surface area contributed by atoms with Crippen molar-refractivity contribution in [2.45, 2.75) is 58.6 Å². The maximum Gasteiger partial charge on any atom is 0.0960 e. The zero-order chi connectivity index (χ0) is 14.8. The molecule has 0 saturated carbocycles. The molecule has 0 spiro atoms. The topological polar surface area (TPSA) is 21.3 Å². The minimum atomic E-state index is 0.120. The van der Waals surface area contributed by atoms with E-state index in [9.17, 15) is 0 Å². The van der Waals surface area contributed by atoms with E-state index < -0.39 is 0 Å². The highest BCUT2D eigenvalue weighted by atomic mass is 79.9. The first-order valence-electron chi connectivity index (χ1n) is 7.74. The Morgan fingerprint density at radius 2 is 1.90 bits per heavy atom. The predicted molar refractivity (Wildman–Crippen MR) is 90.1 cm³/mol. The zero-order valence-corrected chi connectivity index (χ0v) is 14.6. The van der Waals surface area contributed by atoms with E-state index in [1.165, 1.54) is 24.8 Å². The van der Waals surface area contributed by atoms with Gasteiger partial charge in [0, 0.05) is 23.7 Å². The molecule has 0 amide bonds. The average Bonchev–Trinajstić information content (AvgIpc) is 2.43. The van der Waals surface area contributed by atoms with Gasteiger partial charge in [0.1, 0.15) is 0 Å². The van der Waals surface area contributed by atoms with Crippen LogP contribution in [0.5, 0.6) is 0 Å². The molecule has 1 aromatic carbocycles. The number of hydrogen-bond acceptors (Lipinski definition) is 2. The molecular weight excluding hydrogens is 314 g/mol. The molecule has 2 nitrogen and oxygen atoms in total. The van der Waals surface area contributed by atoms with Crippen LogP contribution in [0.4, 0.5) is 0 Å². The first-order chi connectivity index (χ1) is 9.65. The monoisotopic (exact) mass is 341 g/mol. The molecule has 3 heteroatoms. The van der Waals surface area contributed by atoms with Crippen molar-refractivity contribution in [3.05, 3.63) is 34.3 Å². The predicted octanol–water partition coefficient (Wildman–Crippen LogP) is 5.09. The van der Waals surface area contributed by atoms with E-state index in [1.54, 1.807) is 0 Å². The van der Waals surface area contributed by atoms with Crippen LogP contribution in [0.15, 0.2) is 28.7 Å². The maximum absolute atomic E-state index is 6.11. The van der Waals surface area contributed by atoms with Gasteiger partial charge in [-0.15, -0.1) is 0 Å². The van der Waals surface area contributed by atoms with Gasteiger partial charge in [-0.05, 0) is 18.1 Å². The molecular formula is C17H28BrNO. The number of rotatable bonds is 10. The van der Waals surface area contributed by atoms with Crippen LogP contribution in [0, 0.1) is 0 Å². The SMILES string of the molecule is CCCCCCOC(CNC(C)C)c1ccccc1Br. The van der Waals surface area contributed by atoms with Crippen LogP contribution >= 0.6 is 15.9 Å². The van der Waals surface area contributed by atoms with Gasteiger partial charge in [0.15, 0.2) is 0 Å². The van der Waals surface area contributed by atoms with Gasteiger partial charge in [0.05, 0.1) is 6.10 Å². The lowest BCUT2D eigenvalue weighted by atomic mass is 10.1. The highest BCUT2D eigenvalue weighted by Crippen LogP contribution is 2.25. The summed E-state index contributed by atoms with van der Waals surface area (Å²) < 4.78 is 7.24. The van der Waals surface area contributed by atoms with Gasteiger partial charge >= 0.3 is 0 Å². The van der Waals surface area contributed by atoms with Crippen molar-refractivity contribution in [3.8, 4) is 0 Å². The second-order valence-corrected chi connectivity index (χ2v) is 6.36. The Morgan fingerprint density at radius 3 is 2.55 bits per heavy atom. The number of halogens is 1. The minimum Gasteiger partial charge on any atom is -0.372 e. The van der Waals surface area contributed by atoms with Gasteiger partial charge < -0.3 is 10.1 Å². The van der Waals surface area contributed by atoms with Crippen LogP contribution in [-0.4, -0.2) is 19.2 Å². The molecule has 1 rings (SSSR count). The first-order valence-corrected chi connectivity index (χ1v) is 8.53. The van der Waals surface area contributed by atoms with Crippen molar-refractivity contribution in [1.82, 2.24) is 5.32 Å². The van der Waals surface area contributed by atoms with Crippen LogP contribution in [0.3, 0.4) is 0 Å². The van der Waals surface area contributed by atoms with E-state index in [4.69, 9.17) is 4.74 Å². The van der Waals surface area contributed by atoms with Crippen LogP contribution < -0.4 is 5.32 Å². The summed E-state index contributed by atoms with van der Waals surface area (Å²) in [6.45, 7) is 8.26. The Balaban J connectivity index is 2.54. The largest absolute Gasteiger partial charge is 0.372 e. The Morgan fingerprint density at radius 1 is 1.15 bits per heavy atom. The van der Waals surface area contributed by atoms with Gasteiger partial charge in [-0.2, -0.15) is 0 Å². The normalized spacial score (nSPS) is 12.8. The van der Waals surface area contributed by atoms with E-state index in [2.05, 4.69) is 60.2 Å².